The number of thiophene rings is 1. The third-order valence-corrected chi connectivity index (χ3v) is 3.13. The standard InChI is InChI=1S/C12H9NO4S/c1-8-2-4-10(13(15)16)11(6-8)17-12-5-3-9(7-14)18-12/h2-7H,1H3. The van der Waals surface area contributed by atoms with Gasteiger partial charge in [-0.3, -0.25) is 14.9 Å². The van der Waals surface area contributed by atoms with E-state index in [2.05, 4.69) is 0 Å². The number of hydrogen-bond donors (Lipinski definition) is 0. The van der Waals surface area contributed by atoms with Crippen LogP contribution in [0.1, 0.15) is 15.2 Å². The largest absolute Gasteiger partial charge is 0.439 e. The number of nitro benzene ring substituents is 1. The third kappa shape index (κ3) is 2.54. The molecule has 0 bridgehead atoms. The van der Waals surface area contributed by atoms with E-state index in [9.17, 15) is 14.9 Å². The third-order valence-electron chi connectivity index (χ3n) is 2.24. The highest BCUT2D eigenvalue weighted by Gasteiger charge is 2.16. The first-order valence-corrected chi connectivity index (χ1v) is 5.89. The zero-order valence-corrected chi connectivity index (χ0v) is 10.3. The van der Waals surface area contributed by atoms with Gasteiger partial charge in [0.05, 0.1) is 9.80 Å². The van der Waals surface area contributed by atoms with Crippen LogP contribution in [-0.2, 0) is 0 Å². The zero-order chi connectivity index (χ0) is 13.1. The van der Waals surface area contributed by atoms with Gasteiger partial charge >= 0.3 is 5.69 Å². The van der Waals surface area contributed by atoms with Gasteiger partial charge in [0.2, 0.25) is 5.75 Å². The molecular formula is C12H9NO4S. The van der Waals surface area contributed by atoms with E-state index in [1.54, 1.807) is 24.3 Å². The van der Waals surface area contributed by atoms with Gasteiger partial charge in [0.1, 0.15) is 0 Å². The number of carbonyl (C=O) groups excluding carboxylic acids is 1. The summed E-state index contributed by atoms with van der Waals surface area (Å²) in [5.41, 5.74) is 0.768. The molecule has 0 aliphatic carbocycles. The van der Waals surface area contributed by atoms with E-state index in [-0.39, 0.29) is 11.4 Å². The lowest BCUT2D eigenvalue weighted by atomic mass is 10.2. The minimum Gasteiger partial charge on any atom is -0.439 e. The van der Waals surface area contributed by atoms with Gasteiger partial charge in [-0.15, -0.1) is 0 Å². The molecule has 2 aromatic rings. The number of rotatable bonds is 4. The minimum absolute atomic E-state index is 0.0957. The number of nitrogens with zero attached hydrogens (tertiary/aromatic N) is 1. The predicted molar refractivity (Wildman–Crippen MR) is 67.6 cm³/mol. The molecule has 0 radical (unpaired) electrons. The van der Waals surface area contributed by atoms with E-state index in [0.29, 0.717) is 16.2 Å². The van der Waals surface area contributed by atoms with Crippen molar-refractivity contribution in [3.63, 3.8) is 0 Å². The molecule has 2 rings (SSSR count). The van der Waals surface area contributed by atoms with Gasteiger partial charge in [-0.1, -0.05) is 17.4 Å². The molecule has 0 atom stereocenters. The molecule has 0 aliphatic heterocycles. The van der Waals surface area contributed by atoms with E-state index in [0.717, 1.165) is 16.9 Å². The van der Waals surface area contributed by atoms with Crippen molar-refractivity contribution in [2.24, 2.45) is 0 Å². The number of carbonyl (C=O) groups is 1. The molecule has 92 valence electrons. The SMILES string of the molecule is Cc1ccc([N+](=O)[O-])c(Oc2ccc(C=O)s2)c1. The molecule has 0 aliphatic rings. The smallest absolute Gasteiger partial charge is 0.311 e. The van der Waals surface area contributed by atoms with Crippen molar-refractivity contribution in [1.82, 2.24) is 0 Å². The van der Waals surface area contributed by atoms with Gasteiger partial charge in [0, 0.05) is 6.07 Å². The lowest BCUT2D eigenvalue weighted by Gasteiger charge is -2.04. The lowest BCUT2D eigenvalue weighted by molar-refractivity contribution is -0.385. The molecule has 1 heterocycles. The van der Waals surface area contributed by atoms with Crippen LogP contribution in [0.4, 0.5) is 5.69 Å². The summed E-state index contributed by atoms with van der Waals surface area (Å²) in [4.78, 5) is 21.4. The van der Waals surface area contributed by atoms with Crippen LogP contribution in [-0.4, -0.2) is 11.2 Å². The summed E-state index contributed by atoms with van der Waals surface area (Å²) in [6, 6.07) is 7.86. The Hall–Kier alpha value is -2.21. The van der Waals surface area contributed by atoms with E-state index in [4.69, 9.17) is 4.74 Å². The van der Waals surface area contributed by atoms with Gasteiger partial charge in [0.15, 0.2) is 11.3 Å². The molecule has 6 heteroatoms. The Balaban J connectivity index is 2.35. The van der Waals surface area contributed by atoms with E-state index >= 15 is 0 Å². The first-order chi connectivity index (χ1) is 8.60. The van der Waals surface area contributed by atoms with Gasteiger partial charge < -0.3 is 4.74 Å². The average molecular weight is 263 g/mol. The lowest BCUT2D eigenvalue weighted by Crippen LogP contribution is -1.93. The van der Waals surface area contributed by atoms with Gasteiger partial charge in [0.25, 0.3) is 0 Å². The highest BCUT2D eigenvalue weighted by atomic mass is 32.1. The molecule has 18 heavy (non-hydrogen) atoms. The summed E-state index contributed by atoms with van der Waals surface area (Å²) >= 11 is 1.14. The summed E-state index contributed by atoms with van der Waals surface area (Å²) in [6.07, 6.45) is 0.710. The summed E-state index contributed by atoms with van der Waals surface area (Å²) in [7, 11) is 0. The summed E-state index contributed by atoms with van der Waals surface area (Å²) in [5, 5.41) is 11.3. The van der Waals surface area contributed by atoms with Crippen molar-refractivity contribution in [2.75, 3.05) is 0 Å². The fourth-order valence-corrected chi connectivity index (χ4v) is 2.10. The van der Waals surface area contributed by atoms with Crippen LogP contribution < -0.4 is 4.74 Å². The summed E-state index contributed by atoms with van der Waals surface area (Å²) in [6.45, 7) is 1.82. The van der Waals surface area contributed by atoms with Gasteiger partial charge in [-0.25, -0.2) is 0 Å². The van der Waals surface area contributed by atoms with Gasteiger partial charge in [-0.2, -0.15) is 0 Å². The molecule has 5 nitrogen and oxygen atoms in total. The monoisotopic (exact) mass is 263 g/mol. The molecule has 0 saturated heterocycles. The number of aldehydes is 1. The Morgan fingerprint density at radius 3 is 2.72 bits per heavy atom. The van der Waals surface area contributed by atoms with Crippen molar-refractivity contribution in [1.29, 1.82) is 0 Å². The number of nitro groups is 1. The molecule has 0 amide bonds. The molecule has 0 unspecified atom stereocenters. The predicted octanol–water partition coefficient (Wildman–Crippen LogP) is 3.57. The Bertz CT molecular complexity index is 606. The minimum atomic E-state index is -0.497. The summed E-state index contributed by atoms with van der Waals surface area (Å²) in [5.74, 6) is 0.180. The average Bonchev–Trinajstić information content (AvgIpc) is 2.76. The van der Waals surface area contributed by atoms with E-state index in [1.807, 2.05) is 6.92 Å². The number of aryl methyl sites for hydroxylation is 1. The molecule has 0 fully saturated rings. The zero-order valence-electron chi connectivity index (χ0n) is 9.45. The van der Waals surface area contributed by atoms with Crippen LogP contribution in [0.15, 0.2) is 30.3 Å². The van der Waals surface area contributed by atoms with Crippen LogP contribution >= 0.6 is 11.3 Å². The van der Waals surface area contributed by atoms with Crippen molar-refractivity contribution in [3.05, 3.63) is 50.9 Å². The first kappa shape index (κ1) is 12.3. The highest BCUT2D eigenvalue weighted by molar-refractivity contribution is 7.15. The van der Waals surface area contributed by atoms with Crippen LogP contribution in [0.2, 0.25) is 0 Å². The maximum Gasteiger partial charge on any atom is 0.311 e. The fourth-order valence-electron chi connectivity index (χ4n) is 1.41. The molecule has 0 N–H and O–H groups in total. The van der Waals surface area contributed by atoms with Gasteiger partial charge in [-0.05, 0) is 30.7 Å². The Labute approximate surface area is 107 Å². The molecule has 0 spiro atoms. The normalized spacial score (nSPS) is 10.1. The van der Waals surface area contributed by atoms with Crippen molar-refractivity contribution < 1.29 is 14.5 Å². The Morgan fingerprint density at radius 1 is 1.33 bits per heavy atom. The van der Waals surface area contributed by atoms with Crippen molar-refractivity contribution in [2.45, 2.75) is 6.92 Å². The molecular weight excluding hydrogens is 254 g/mol. The maximum atomic E-state index is 10.9. The first-order valence-electron chi connectivity index (χ1n) is 5.08. The van der Waals surface area contributed by atoms with Crippen LogP contribution in [0.5, 0.6) is 10.8 Å². The second-order valence-electron chi connectivity index (χ2n) is 3.61. The van der Waals surface area contributed by atoms with E-state index < -0.39 is 4.92 Å². The topological polar surface area (TPSA) is 69.4 Å². The Kier molecular flexibility index (Phi) is 3.38. The highest BCUT2D eigenvalue weighted by Crippen LogP contribution is 2.35. The number of hydrogen-bond acceptors (Lipinski definition) is 5. The fraction of sp³-hybridized carbons (Fsp3) is 0.0833. The summed E-state index contributed by atoms with van der Waals surface area (Å²) < 4.78 is 5.45. The second kappa shape index (κ2) is 4.97. The van der Waals surface area contributed by atoms with Crippen LogP contribution in [0.25, 0.3) is 0 Å². The maximum absolute atomic E-state index is 10.9. The van der Waals surface area contributed by atoms with Crippen LogP contribution in [0.3, 0.4) is 0 Å². The van der Waals surface area contributed by atoms with Crippen LogP contribution in [0, 0.1) is 17.0 Å². The quantitative estimate of drug-likeness (QED) is 0.480. The number of benzene rings is 1. The van der Waals surface area contributed by atoms with Crippen molar-refractivity contribution in [3.8, 4) is 10.8 Å². The molecule has 0 saturated carbocycles. The second-order valence-corrected chi connectivity index (χ2v) is 4.68. The molecule has 1 aromatic heterocycles. The molecule has 1 aromatic carbocycles. The number of ether oxygens (including phenoxy) is 1. The van der Waals surface area contributed by atoms with Crippen molar-refractivity contribution >= 4 is 23.3 Å². The Morgan fingerprint density at radius 2 is 2.11 bits per heavy atom. The van der Waals surface area contributed by atoms with E-state index in [1.165, 1.54) is 6.07 Å².